The summed E-state index contributed by atoms with van der Waals surface area (Å²) in [6.45, 7) is 0.202. The molecular formula is C22H19N3O3S2. The molecule has 0 aliphatic heterocycles. The number of hydrogen-bond acceptors (Lipinski definition) is 6. The van der Waals surface area contributed by atoms with E-state index in [1.165, 1.54) is 16.2 Å². The number of anilines is 1. The number of amides is 1. The molecule has 30 heavy (non-hydrogen) atoms. The second kappa shape index (κ2) is 8.73. The maximum atomic E-state index is 13.1. The Kier molecular flexibility index (Phi) is 5.87. The van der Waals surface area contributed by atoms with Gasteiger partial charge in [0.15, 0.2) is 15.0 Å². The van der Waals surface area contributed by atoms with E-state index in [2.05, 4.69) is 9.97 Å². The second-order valence-corrected chi connectivity index (χ2v) is 9.90. The molecule has 2 aromatic heterocycles. The second-order valence-electron chi connectivity index (χ2n) is 6.82. The third-order valence-corrected chi connectivity index (χ3v) is 6.97. The lowest BCUT2D eigenvalue weighted by Gasteiger charge is -2.20. The van der Waals surface area contributed by atoms with Crippen molar-refractivity contribution in [3.8, 4) is 0 Å². The molecule has 0 aliphatic carbocycles. The quantitative estimate of drug-likeness (QED) is 0.439. The zero-order valence-electron chi connectivity index (χ0n) is 16.0. The molecular weight excluding hydrogens is 418 g/mol. The first-order valence-corrected chi connectivity index (χ1v) is 11.9. The number of para-hydroxylation sites is 1. The molecule has 4 rings (SSSR count). The predicted molar refractivity (Wildman–Crippen MR) is 119 cm³/mol. The number of sulfone groups is 1. The Hall–Kier alpha value is -3.10. The minimum absolute atomic E-state index is 0.180. The third kappa shape index (κ3) is 4.90. The fourth-order valence-electron chi connectivity index (χ4n) is 3.06. The van der Waals surface area contributed by atoms with E-state index in [4.69, 9.17) is 0 Å². The van der Waals surface area contributed by atoms with E-state index in [9.17, 15) is 13.2 Å². The van der Waals surface area contributed by atoms with E-state index in [0.717, 1.165) is 15.8 Å². The van der Waals surface area contributed by atoms with E-state index in [0.29, 0.717) is 10.7 Å². The Labute approximate surface area is 178 Å². The van der Waals surface area contributed by atoms with Crippen molar-refractivity contribution in [2.24, 2.45) is 0 Å². The number of carbonyl (C=O) groups is 1. The van der Waals surface area contributed by atoms with Gasteiger partial charge in [-0.1, -0.05) is 59.9 Å². The van der Waals surface area contributed by atoms with Crippen molar-refractivity contribution >= 4 is 42.4 Å². The largest absolute Gasteiger partial charge is 0.283 e. The van der Waals surface area contributed by atoms with Gasteiger partial charge in [-0.25, -0.2) is 13.4 Å². The minimum atomic E-state index is -3.64. The molecule has 1 amide bonds. The van der Waals surface area contributed by atoms with E-state index >= 15 is 0 Å². The van der Waals surface area contributed by atoms with Gasteiger partial charge in [0.05, 0.1) is 22.5 Å². The Balaban J connectivity index is 1.62. The van der Waals surface area contributed by atoms with E-state index in [1.807, 2.05) is 36.4 Å². The van der Waals surface area contributed by atoms with Crippen molar-refractivity contribution in [1.29, 1.82) is 0 Å². The Morgan fingerprint density at radius 1 is 0.933 bits per heavy atom. The standard InChI is InChI=1S/C22H19N3O3S2/c26-21(16-30(27,28)15-17-7-2-1-3-8-17)25(14-18-9-6-12-23-13-18)22-24-19-10-4-5-11-20(19)29-22/h1-13H,14-16H2. The van der Waals surface area contributed by atoms with Crippen molar-refractivity contribution in [3.05, 3.63) is 90.3 Å². The summed E-state index contributed by atoms with van der Waals surface area (Å²) in [6.07, 6.45) is 3.31. The third-order valence-electron chi connectivity index (χ3n) is 4.45. The molecule has 0 saturated heterocycles. The topological polar surface area (TPSA) is 80.2 Å². The molecule has 8 heteroatoms. The summed E-state index contributed by atoms with van der Waals surface area (Å²) in [7, 11) is -3.64. The molecule has 0 fully saturated rings. The molecule has 6 nitrogen and oxygen atoms in total. The number of nitrogens with zero attached hydrogens (tertiary/aromatic N) is 3. The van der Waals surface area contributed by atoms with Gasteiger partial charge in [0.2, 0.25) is 5.91 Å². The van der Waals surface area contributed by atoms with Gasteiger partial charge in [-0.2, -0.15) is 0 Å². The van der Waals surface area contributed by atoms with Gasteiger partial charge in [0, 0.05) is 12.4 Å². The van der Waals surface area contributed by atoms with Crippen LogP contribution in [0.3, 0.4) is 0 Å². The van der Waals surface area contributed by atoms with E-state index < -0.39 is 21.5 Å². The van der Waals surface area contributed by atoms with Gasteiger partial charge >= 0.3 is 0 Å². The van der Waals surface area contributed by atoms with Crippen molar-refractivity contribution in [3.63, 3.8) is 0 Å². The summed E-state index contributed by atoms with van der Waals surface area (Å²) in [4.78, 5) is 23.2. The normalized spacial score (nSPS) is 11.5. The average molecular weight is 438 g/mol. The van der Waals surface area contributed by atoms with E-state index in [1.54, 1.807) is 42.7 Å². The first-order valence-electron chi connectivity index (χ1n) is 9.29. The molecule has 2 heterocycles. The number of benzene rings is 2. The highest BCUT2D eigenvalue weighted by Gasteiger charge is 2.26. The highest BCUT2D eigenvalue weighted by Crippen LogP contribution is 2.30. The predicted octanol–water partition coefficient (Wildman–Crippen LogP) is 3.84. The van der Waals surface area contributed by atoms with Crippen molar-refractivity contribution in [2.45, 2.75) is 12.3 Å². The van der Waals surface area contributed by atoms with Crippen LogP contribution in [0.2, 0.25) is 0 Å². The molecule has 0 atom stereocenters. The van der Waals surface area contributed by atoms with Crippen molar-refractivity contribution < 1.29 is 13.2 Å². The number of thiazole rings is 1. The highest BCUT2D eigenvalue weighted by atomic mass is 32.2. The first kappa shape index (κ1) is 20.2. The summed E-state index contributed by atoms with van der Waals surface area (Å²) >= 11 is 1.36. The number of fused-ring (bicyclic) bond motifs is 1. The lowest BCUT2D eigenvalue weighted by atomic mass is 10.2. The van der Waals surface area contributed by atoms with Crippen LogP contribution in [0, 0.1) is 0 Å². The van der Waals surface area contributed by atoms with Gasteiger partial charge in [0.25, 0.3) is 0 Å². The number of carbonyl (C=O) groups excluding carboxylic acids is 1. The molecule has 0 saturated carbocycles. The van der Waals surface area contributed by atoms with Crippen molar-refractivity contribution in [2.75, 3.05) is 10.7 Å². The van der Waals surface area contributed by atoms with Crippen LogP contribution in [0.25, 0.3) is 10.2 Å². The summed E-state index contributed by atoms with van der Waals surface area (Å²) in [5.74, 6) is -1.27. The molecule has 4 aromatic rings. The monoisotopic (exact) mass is 437 g/mol. The van der Waals surface area contributed by atoms with Crippen LogP contribution in [-0.2, 0) is 26.9 Å². The van der Waals surface area contributed by atoms with Gasteiger partial charge < -0.3 is 0 Å². The number of hydrogen-bond donors (Lipinski definition) is 0. The number of aromatic nitrogens is 2. The van der Waals surface area contributed by atoms with Crippen LogP contribution in [0.5, 0.6) is 0 Å². The fraction of sp³-hybridized carbons (Fsp3) is 0.136. The first-order chi connectivity index (χ1) is 14.5. The minimum Gasteiger partial charge on any atom is -0.283 e. The van der Waals surface area contributed by atoms with Gasteiger partial charge in [-0.15, -0.1) is 0 Å². The summed E-state index contributed by atoms with van der Waals surface area (Å²) in [5, 5.41) is 0.472. The molecule has 152 valence electrons. The molecule has 0 bridgehead atoms. The van der Waals surface area contributed by atoms with Gasteiger partial charge in [0.1, 0.15) is 5.75 Å². The van der Waals surface area contributed by atoms with E-state index in [-0.39, 0.29) is 12.3 Å². The van der Waals surface area contributed by atoms with Crippen LogP contribution in [0.4, 0.5) is 5.13 Å². The van der Waals surface area contributed by atoms with Crippen LogP contribution < -0.4 is 4.90 Å². The Morgan fingerprint density at radius 3 is 2.40 bits per heavy atom. The maximum absolute atomic E-state index is 13.1. The van der Waals surface area contributed by atoms with Crippen molar-refractivity contribution in [1.82, 2.24) is 9.97 Å². The number of rotatable bonds is 7. The molecule has 0 radical (unpaired) electrons. The Morgan fingerprint density at radius 2 is 1.67 bits per heavy atom. The maximum Gasteiger partial charge on any atom is 0.244 e. The molecule has 0 aliphatic rings. The number of pyridine rings is 1. The molecule has 0 spiro atoms. The fourth-order valence-corrected chi connectivity index (χ4v) is 5.37. The van der Waals surface area contributed by atoms with Gasteiger partial charge in [-0.3, -0.25) is 14.7 Å². The summed E-state index contributed by atoms with van der Waals surface area (Å²) in [5.41, 5.74) is 2.23. The molecule has 0 N–H and O–H groups in total. The lowest BCUT2D eigenvalue weighted by molar-refractivity contribution is -0.116. The lowest BCUT2D eigenvalue weighted by Crippen LogP contribution is -2.35. The molecule has 2 aromatic carbocycles. The van der Waals surface area contributed by atoms with Crippen LogP contribution in [-0.4, -0.2) is 30.0 Å². The summed E-state index contributed by atoms with van der Waals surface area (Å²) in [6, 6.07) is 20.1. The van der Waals surface area contributed by atoms with Crippen LogP contribution in [0.1, 0.15) is 11.1 Å². The van der Waals surface area contributed by atoms with Crippen LogP contribution in [0.15, 0.2) is 79.1 Å². The zero-order chi connectivity index (χ0) is 21.0. The van der Waals surface area contributed by atoms with Crippen LogP contribution >= 0.6 is 11.3 Å². The zero-order valence-corrected chi connectivity index (χ0v) is 17.6. The van der Waals surface area contributed by atoms with Gasteiger partial charge in [-0.05, 0) is 29.3 Å². The summed E-state index contributed by atoms with van der Waals surface area (Å²) < 4.78 is 26.3. The smallest absolute Gasteiger partial charge is 0.244 e. The SMILES string of the molecule is O=C(CS(=O)(=O)Cc1ccccc1)N(Cc1cccnc1)c1nc2ccccc2s1. The average Bonchev–Trinajstić information content (AvgIpc) is 3.16. The Bertz CT molecular complexity index is 1220. The highest BCUT2D eigenvalue weighted by molar-refractivity contribution is 7.91. The molecule has 0 unspecified atom stereocenters.